The zero-order valence-electron chi connectivity index (χ0n) is 12.6. The van der Waals surface area contributed by atoms with E-state index in [0.29, 0.717) is 25.6 Å². The molecule has 0 bridgehead atoms. The van der Waals surface area contributed by atoms with Gasteiger partial charge in [-0.2, -0.15) is 0 Å². The molecule has 0 heterocycles. The number of carbonyl (C=O) groups is 1. The van der Waals surface area contributed by atoms with Gasteiger partial charge in [0.25, 0.3) is 0 Å². The predicted molar refractivity (Wildman–Crippen MR) is 78.3 cm³/mol. The van der Waals surface area contributed by atoms with Gasteiger partial charge in [-0.05, 0) is 31.0 Å². The van der Waals surface area contributed by atoms with Crippen LogP contribution in [0.25, 0.3) is 0 Å². The number of hydrogen-bond acceptors (Lipinski definition) is 3. The third kappa shape index (κ3) is 5.80. The summed E-state index contributed by atoms with van der Waals surface area (Å²) in [5.74, 6) is -0.129. The molecule has 1 aromatic carbocycles. The van der Waals surface area contributed by atoms with E-state index < -0.39 is 0 Å². The van der Waals surface area contributed by atoms with E-state index in [4.69, 9.17) is 4.74 Å². The van der Waals surface area contributed by atoms with Gasteiger partial charge < -0.3 is 4.74 Å². The fraction of sp³-hybridized carbons (Fsp3) is 0.562. The number of Topliss-reactive ketones (excluding diaryl/α,β-unsaturated/α-hetero) is 1. The predicted octanol–water partition coefficient (Wildman–Crippen LogP) is 2.68. The van der Waals surface area contributed by atoms with Gasteiger partial charge in [-0.3, -0.25) is 9.69 Å². The molecule has 0 saturated carbocycles. The summed E-state index contributed by atoms with van der Waals surface area (Å²) >= 11 is 0. The zero-order valence-corrected chi connectivity index (χ0v) is 12.6. The van der Waals surface area contributed by atoms with Crippen molar-refractivity contribution in [2.24, 2.45) is 0 Å². The highest BCUT2D eigenvalue weighted by Gasteiger charge is 2.16. The summed E-state index contributed by atoms with van der Waals surface area (Å²) in [6.45, 7) is 6.00. The number of halogens is 1. The molecule has 0 aliphatic heterocycles. The number of hydrogen-bond donors (Lipinski definition) is 0. The minimum absolute atomic E-state index is 0.146. The average Bonchev–Trinajstić information content (AvgIpc) is 2.45. The molecule has 112 valence electrons. The van der Waals surface area contributed by atoms with Gasteiger partial charge in [-0.15, -0.1) is 0 Å². The Morgan fingerprint density at radius 1 is 1.35 bits per heavy atom. The summed E-state index contributed by atoms with van der Waals surface area (Å²) in [5, 5.41) is 0. The fourth-order valence-corrected chi connectivity index (χ4v) is 2.03. The number of ketones is 1. The minimum Gasteiger partial charge on any atom is -0.383 e. The van der Waals surface area contributed by atoms with Crippen LogP contribution in [0, 0.1) is 5.82 Å². The lowest BCUT2D eigenvalue weighted by atomic mass is 10.1. The van der Waals surface area contributed by atoms with Crippen LogP contribution in [0.2, 0.25) is 0 Å². The van der Waals surface area contributed by atoms with E-state index in [1.54, 1.807) is 19.2 Å². The lowest BCUT2D eigenvalue weighted by Gasteiger charge is -2.27. The van der Waals surface area contributed by atoms with Crippen molar-refractivity contribution in [1.29, 1.82) is 0 Å². The van der Waals surface area contributed by atoms with Crippen molar-refractivity contribution in [2.75, 3.05) is 26.8 Å². The van der Waals surface area contributed by atoms with Crippen LogP contribution in [0.4, 0.5) is 4.39 Å². The van der Waals surface area contributed by atoms with Crippen LogP contribution in [0.15, 0.2) is 24.3 Å². The van der Waals surface area contributed by atoms with Crippen molar-refractivity contribution in [2.45, 2.75) is 32.7 Å². The fourth-order valence-electron chi connectivity index (χ4n) is 2.03. The van der Waals surface area contributed by atoms with E-state index in [0.717, 1.165) is 18.5 Å². The molecule has 0 aromatic heterocycles. The first-order valence-electron chi connectivity index (χ1n) is 7.06. The molecule has 20 heavy (non-hydrogen) atoms. The maximum atomic E-state index is 12.8. The normalized spacial score (nSPS) is 12.7. The first-order valence-corrected chi connectivity index (χ1v) is 7.06. The van der Waals surface area contributed by atoms with Crippen LogP contribution >= 0.6 is 0 Å². The molecule has 1 atom stereocenters. The summed E-state index contributed by atoms with van der Waals surface area (Å²) in [7, 11) is 1.66. The number of methoxy groups -OCH3 is 1. The Morgan fingerprint density at radius 2 is 2.00 bits per heavy atom. The molecule has 1 aromatic rings. The summed E-state index contributed by atoms with van der Waals surface area (Å²) in [4.78, 5) is 14.2. The van der Waals surface area contributed by atoms with Crippen molar-refractivity contribution < 1.29 is 13.9 Å². The molecule has 0 fully saturated rings. The van der Waals surface area contributed by atoms with E-state index in [2.05, 4.69) is 18.7 Å². The molecule has 0 saturated heterocycles. The van der Waals surface area contributed by atoms with Crippen LogP contribution < -0.4 is 0 Å². The van der Waals surface area contributed by atoms with Gasteiger partial charge >= 0.3 is 0 Å². The SMILES string of the molecule is CCC(C)N(CCOC)CC(=O)Cc1ccc(F)cc1. The standard InChI is InChI=1S/C16H24FNO2/c1-4-13(2)18(9-10-20-3)12-16(19)11-14-5-7-15(17)8-6-14/h5-8,13H,4,9-12H2,1-3H3. The number of nitrogens with zero attached hydrogens (tertiary/aromatic N) is 1. The van der Waals surface area contributed by atoms with Crippen molar-refractivity contribution in [3.8, 4) is 0 Å². The zero-order chi connectivity index (χ0) is 15.0. The lowest BCUT2D eigenvalue weighted by Crippen LogP contribution is -2.39. The highest BCUT2D eigenvalue weighted by atomic mass is 19.1. The Bertz CT molecular complexity index is 405. The molecule has 0 aliphatic rings. The molecule has 0 radical (unpaired) electrons. The van der Waals surface area contributed by atoms with Gasteiger partial charge in [0.1, 0.15) is 5.82 Å². The van der Waals surface area contributed by atoms with Gasteiger partial charge in [0, 0.05) is 26.1 Å². The Morgan fingerprint density at radius 3 is 2.55 bits per heavy atom. The van der Waals surface area contributed by atoms with Crippen molar-refractivity contribution in [1.82, 2.24) is 4.90 Å². The van der Waals surface area contributed by atoms with Crippen LogP contribution in [-0.4, -0.2) is 43.5 Å². The third-order valence-corrected chi connectivity index (χ3v) is 3.49. The molecular weight excluding hydrogens is 257 g/mol. The van der Waals surface area contributed by atoms with Crippen LogP contribution in [-0.2, 0) is 16.0 Å². The molecule has 1 rings (SSSR count). The maximum absolute atomic E-state index is 12.8. The first kappa shape index (κ1) is 16.8. The second kappa shape index (κ2) is 8.82. The second-order valence-electron chi connectivity index (χ2n) is 5.06. The van der Waals surface area contributed by atoms with E-state index in [-0.39, 0.29) is 11.6 Å². The smallest absolute Gasteiger partial charge is 0.151 e. The summed E-state index contributed by atoms with van der Waals surface area (Å²) in [6, 6.07) is 6.45. The van der Waals surface area contributed by atoms with Gasteiger partial charge in [0.15, 0.2) is 5.78 Å². The quantitative estimate of drug-likeness (QED) is 0.697. The molecular formula is C16H24FNO2. The summed E-state index contributed by atoms with van der Waals surface area (Å²) < 4.78 is 17.9. The molecule has 0 spiro atoms. The van der Waals surface area contributed by atoms with E-state index in [9.17, 15) is 9.18 Å². The highest BCUT2D eigenvalue weighted by Crippen LogP contribution is 2.07. The number of rotatable bonds is 9. The van der Waals surface area contributed by atoms with Crippen molar-refractivity contribution in [3.63, 3.8) is 0 Å². The van der Waals surface area contributed by atoms with Crippen molar-refractivity contribution >= 4 is 5.78 Å². The largest absolute Gasteiger partial charge is 0.383 e. The Balaban J connectivity index is 2.54. The minimum atomic E-state index is -0.275. The van der Waals surface area contributed by atoms with Gasteiger partial charge in [0.2, 0.25) is 0 Å². The maximum Gasteiger partial charge on any atom is 0.151 e. The average molecular weight is 281 g/mol. The van der Waals surface area contributed by atoms with Crippen LogP contribution in [0.1, 0.15) is 25.8 Å². The number of carbonyl (C=O) groups excluding carboxylic acids is 1. The molecule has 0 aliphatic carbocycles. The Kier molecular flexibility index (Phi) is 7.41. The van der Waals surface area contributed by atoms with Crippen LogP contribution in [0.3, 0.4) is 0 Å². The summed E-state index contributed by atoms with van der Waals surface area (Å²) in [5.41, 5.74) is 0.854. The first-order chi connectivity index (χ1) is 9.56. The topological polar surface area (TPSA) is 29.5 Å². The van der Waals surface area contributed by atoms with Gasteiger partial charge in [-0.25, -0.2) is 4.39 Å². The highest BCUT2D eigenvalue weighted by molar-refractivity contribution is 5.82. The second-order valence-corrected chi connectivity index (χ2v) is 5.06. The van der Waals surface area contributed by atoms with Crippen LogP contribution in [0.5, 0.6) is 0 Å². The molecule has 4 heteroatoms. The summed E-state index contributed by atoms with van der Waals surface area (Å²) in [6.07, 6.45) is 1.34. The number of benzene rings is 1. The molecule has 1 unspecified atom stereocenters. The lowest BCUT2D eigenvalue weighted by molar-refractivity contribution is -0.120. The van der Waals surface area contributed by atoms with Gasteiger partial charge in [-0.1, -0.05) is 19.1 Å². The molecule has 3 nitrogen and oxygen atoms in total. The van der Waals surface area contributed by atoms with Crippen molar-refractivity contribution in [3.05, 3.63) is 35.6 Å². The Labute approximate surface area is 120 Å². The third-order valence-electron chi connectivity index (χ3n) is 3.49. The molecule has 0 N–H and O–H groups in total. The van der Waals surface area contributed by atoms with E-state index in [1.807, 2.05) is 0 Å². The monoisotopic (exact) mass is 281 g/mol. The van der Waals surface area contributed by atoms with Gasteiger partial charge in [0.05, 0.1) is 13.2 Å². The van der Waals surface area contributed by atoms with E-state index in [1.165, 1.54) is 12.1 Å². The Hall–Kier alpha value is -1.26. The molecule has 0 amide bonds. The number of ether oxygens (including phenoxy) is 1. The van der Waals surface area contributed by atoms with E-state index >= 15 is 0 Å².